The lowest BCUT2D eigenvalue weighted by Gasteiger charge is -2.26. The van der Waals surface area contributed by atoms with Gasteiger partial charge in [0.1, 0.15) is 6.04 Å². The van der Waals surface area contributed by atoms with E-state index >= 15 is 0 Å². The molecule has 0 aliphatic carbocycles. The van der Waals surface area contributed by atoms with E-state index in [2.05, 4.69) is 31.4 Å². The van der Waals surface area contributed by atoms with Crippen LogP contribution >= 0.6 is 0 Å². The van der Waals surface area contributed by atoms with Gasteiger partial charge in [0.15, 0.2) is 0 Å². The molecular formula is C14H28N2O3. The summed E-state index contributed by atoms with van der Waals surface area (Å²) in [6.07, 6.45) is 4.74. The van der Waals surface area contributed by atoms with Crippen molar-refractivity contribution in [2.75, 3.05) is 13.1 Å². The Labute approximate surface area is 116 Å². The number of carbonyl (C=O) groups is 2. The molecule has 19 heavy (non-hydrogen) atoms. The maximum atomic E-state index is 10.9. The van der Waals surface area contributed by atoms with E-state index in [1.54, 1.807) is 0 Å². The zero-order valence-corrected chi connectivity index (χ0v) is 12.6. The van der Waals surface area contributed by atoms with E-state index in [0.29, 0.717) is 0 Å². The summed E-state index contributed by atoms with van der Waals surface area (Å²) >= 11 is 0. The molecule has 0 aliphatic heterocycles. The lowest BCUT2D eigenvalue weighted by atomic mass is 9.87. The van der Waals surface area contributed by atoms with E-state index in [1.165, 1.54) is 26.2 Å². The summed E-state index contributed by atoms with van der Waals surface area (Å²) in [5.41, 5.74) is 0.147. The number of amides is 1. The van der Waals surface area contributed by atoms with Gasteiger partial charge in [0, 0.05) is 20.0 Å². The number of unbranched alkanes of at least 4 members (excludes halogenated alkanes) is 2. The quantitative estimate of drug-likeness (QED) is 0.530. The SMILES string of the molecule is CCCCCC(C)(C)CNCC(NC(C)=O)C(=O)O. The van der Waals surface area contributed by atoms with Crippen LogP contribution in [-0.4, -0.2) is 36.1 Å². The highest BCUT2D eigenvalue weighted by molar-refractivity contribution is 5.82. The predicted molar refractivity (Wildman–Crippen MR) is 76.0 cm³/mol. The molecule has 0 saturated heterocycles. The van der Waals surface area contributed by atoms with Crippen LogP contribution in [-0.2, 0) is 9.59 Å². The molecule has 0 aromatic carbocycles. The maximum absolute atomic E-state index is 10.9. The lowest BCUT2D eigenvalue weighted by Crippen LogP contribution is -2.47. The molecule has 0 saturated carbocycles. The molecule has 5 heteroatoms. The summed E-state index contributed by atoms with van der Waals surface area (Å²) in [6.45, 7) is 8.85. The van der Waals surface area contributed by atoms with Crippen LogP contribution in [0.15, 0.2) is 0 Å². The summed E-state index contributed by atoms with van der Waals surface area (Å²) in [5.74, 6) is -1.33. The molecule has 1 unspecified atom stereocenters. The molecule has 112 valence electrons. The highest BCUT2D eigenvalue weighted by atomic mass is 16.4. The summed E-state index contributed by atoms with van der Waals surface area (Å²) in [7, 11) is 0. The Bertz CT molecular complexity index is 290. The number of rotatable bonds is 10. The Kier molecular flexibility index (Phi) is 8.39. The van der Waals surface area contributed by atoms with E-state index in [-0.39, 0.29) is 17.9 Å². The number of carbonyl (C=O) groups excluding carboxylic acids is 1. The van der Waals surface area contributed by atoms with Crippen molar-refractivity contribution >= 4 is 11.9 Å². The van der Waals surface area contributed by atoms with Gasteiger partial charge in [-0.25, -0.2) is 4.79 Å². The van der Waals surface area contributed by atoms with Gasteiger partial charge in [0.25, 0.3) is 0 Å². The van der Waals surface area contributed by atoms with Crippen LogP contribution in [0.4, 0.5) is 0 Å². The van der Waals surface area contributed by atoms with Crippen LogP contribution in [0.25, 0.3) is 0 Å². The van der Waals surface area contributed by atoms with Gasteiger partial charge in [-0.15, -0.1) is 0 Å². The number of carboxylic acids is 1. The molecule has 0 spiro atoms. The first-order valence-corrected chi connectivity index (χ1v) is 6.99. The summed E-state index contributed by atoms with van der Waals surface area (Å²) < 4.78 is 0. The average Bonchev–Trinajstić information content (AvgIpc) is 2.27. The van der Waals surface area contributed by atoms with Crippen molar-refractivity contribution in [2.24, 2.45) is 5.41 Å². The van der Waals surface area contributed by atoms with E-state index in [0.717, 1.165) is 13.0 Å². The van der Waals surface area contributed by atoms with Crippen molar-refractivity contribution in [3.8, 4) is 0 Å². The fraction of sp³-hybridized carbons (Fsp3) is 0.857. The standard InChI is InChI=1S/C14H28N2O3/c1-5-6-7-8-14(3,4)10-15-9-12(13(18)19)16-11(2)17/h12,15H,5-10H2,1-4H3,(H,16,17)(H,18,19). The number of aliphatic carboxylic acids is 1. The van der Waals surface area contributed by atoms with Gasteiger partial charge in [0.05, 0.1) is 0 Å². The normalized spacial score (nSPS) is 13.1. The Morgan fingerprint density at radius 2 is 1.89 bits per heavy atom. The Morgan fingerprint density at radius 1 is 1.26 bits per heavy atom. The fourth-order valence-corrected chi connectivity index (χ4v) is 1.94. The third-order valence-corrected chi connectivity index (χ3v) is 3.08. The predicted octanol–water partition coefficient (Wildman–Crippen LogP) is 1.77. The third-order valence-electron chi connectivity index (χ3n) is 3.08. The van der Waals surface area contributed by atoms with Crippen LogP contribution in [0.5, 0.6) is 0 Å². The first-order valence-electron chi connectivity index (χ1n) is 6.99. The minimum Gasteiger partial charge on any atom is -0.480 e. The number of nitrogens with one attached hydrogen (secondary N) is 2. The van der Waals surface area contributed by atoms with Gasteiger partial charge in [-0.2, -0.15) is 0 Å². The molecule has 0 heterocycles. The van der Waals surface area contributed by atoms with Gasteiger partial charge in [0.2, 0.25) is 5.91 Å². The molecule has 0 aromatic heterocycles. The first-order chi connectivity index (χ1) is 8.78. The van der Waals surface area contributed by atoms with Crippen molar-refractivity contribution in [3.05, 3.63) is 0 Å². The van der Waals surface area contributed by atoms with Crippen LogP contribution in [0.1, 0.15) is 53.4 Å². The Hall–Kier alpha value is -1.10. The van der Waals surface area contributed by atoms with Gasteiger partial charge >= 0.3 is 5.97 Å². The van der Waals surface area contributed by atoms with Crippen LogP contribution in [0.2, 0.25) is 0 Å². The van der Waals surface area contributed by atoms with Gasteiger partial charge in [-0.3, -0.25) is 4.79 Å². The molecule has 5 nitrogen and oxygen atoms in total. The maximum Gasteiger partial charge on any atom is 0.327 e. The van der Waals surface area contributed by atoms with Crippen LogP contribution in [0.3, 0.4) is 0 Å². The van der Waals surface area contributed by atoms with Crippen molar-refractivity contribution in [1.82, 2.24) is 10.6 Å². The summed E-state index contributed by atoms with van der Waals surface area (Å²) in [4.78, 5) is 21.8. The van der Waals surface area contributed by atoms with E-state index in [1.807, 2.05) is 0 Å². The molecule has 0 aromatic rings. The van der Waals surface area contributed by atoms with Crippen LogP contribution < -0.4 is 10.6 Å². The molecule has 1 amide bonds. The number of carboxylic acid groups (broad SMARTS) is 1. The molecular weight excluding hydrogens is 244 g/mol. The second-order valence-corrected chi connectivity index (χ2v) is 5.84. The van der Waals surface area contributed by atoms with Crippen molar-refractivity contribution < 1.29 is 14.7 Å². The minimum absolute atomic E-state index is 0.147. The highest BCUT2D eigenvalue weighted by Gasteiger charge is 2.21. The van der Waals surface area contributed by atoms with E-state index in [9.17, 15) is 9.59 Å². The van der Waals surface area contributed by atoms with Gasteiger partial charge in [-0.05, 0) is 11.8 Å². The van der Waals surface area contributed by atoms with Gasteiger partial charge in [-0.1, -0.05) is 40.0 Å². The zero-order chi connectivity index (χ0) is 14.9. The monoisotopic (exact) mass is 272 g/mol. The van der Waals surface area contributed by atoms with E-state index in [4.69, 9.17) is 5.11 Å². The summed E-state index contributed by atoms with van der Waals surface area (Å²) in [6, 6.07) is -0.857. The molecule has 0 aliphatic rings. The third kappa shape index (κ3) is 9.47. The highest BCUT2D eigenvalue weighted by Crippen LogP contribution is 2.22. The molecule has 0 radical (unpaired) electrons. The molecule has 3 N–H and O–H groups in total. The second-order valence-electron chi connectivity index (χ2n) is 5.84. The van der Waals surface area contributed by atoms with Crippen molar-refractivity contribution in [3.63, 3.8) is 0 Å². The Balaban J connectivity index is 4.02. The molecule has 1 atom stereocenters. The smallest absolute Gasteiger partial charge is 0.327 e. The second kappa shape index (κ2) is 8.91. The summed E-state index contributed by atoms with van der Waals surface area (Å²) in [5, 5.41) is 14.5. The minimum atomic E-state index is -1.01. The van der Waals surface area contributed by atoms with E-state index < -0.39 is 12.0 Å². The average molecular weight is 272 g/mol. The number of hydrogen-bond acceptors (Lipinski definition) is 3. The van der Waals surface area contributed by atoms with Crippen LogP contribution in [0, 0.1) is 5.41 Å². The first kappa shape index (κ1) is 17.9. The molecule has 0 bridgehead atoms. The largest absolute Gasteiger partial charge is 0.480 e. The fourth-order valence-electron chi connectivity index (χ4n) is 1.94. The number of hydrogen-bond donors (Lipinski definition) is 3. The van der Waals surface area contributed by atoms with Gasteiger partial charge < -0.3 is 15.7 Å². The zero-order valence-electron chi connectivity index (χ0n) is 12.6. The van der Waals surface area contributed by atoms with Crippen molar-refractivity contribution in [2.45, 2.75) is 59.4 Å². The molecule has 0 fully saturated rings. The lowest BCUT2D eigenvalue weighted by molar-refractivity contribution is -0.141. The van der Waals surface area contributed by atoms with Crippen molar-refractivity contribution in [1.29, 1.82) is 0 Å². The molecule has 0 rings (SSSR count). The topological polar surface area (TPSA) is 78.4 Å². The Morgan fingerprint density at radius 3 is 2.37 bits per heavy atom.